The van der Waals surface area contributed by atoms with Crippen molar-refractivity contribution < 1.29 is 14.4 Å². The summed E-state index contributed by atoms with van der Waals surface area (Å²) in [6, 6.07) is 8.24. The lowest BCUT2D eigenvalue weighted by atomic mass is 10.0. The van der Waals surface area contributed by atoms with Gasteiger partial charge in [-0.15, -0.1) is 0 Å². The van der Waals surface area contributed by atoms with Gasteiger partial charge in [0, 0.05) is 30.9 Å². The number of halogens is 2. The summed E-state index contributed by atoms with van der Waals surface area (Å²) in [5, 5.41) is 3.33. The second-order valence-electron chi connectivity index (χ2n) is 6.50. The molecule has 1 amide bonds. The Morgan fingerprint density at radius 2 is 1.85 bits per heavy atom. The van der Waals surface area contributed by atoms with E-state index < -0.39 is 0 Å². The van der Waals surface area contributed by atoms with Crippen LogP contribution in [0.2, 0.25) is 10.0 Å². The fraction of sp³-hybridized carbons (Fsp3) is 0.300. The first-order valence-electron chi connectivity index (χ1n) is 8.66. The molecule has 27 heavy (non-hydrogen) atoms. The van der Waals surface area contributed by atoms with Crippen molar-refractivity contribution in [3.05, 3.63) is 57.7 Å². The van der Waals surface area contributed by atoms with Gasteiger partial charge in [0.2, 0.25) is 5.91 Å². The average Bonchev–Trinajstić information content (AvgIpc) is 3.42. The topological polar surface area (TPSA) is 76.1 Å². The normalized spacial score (nSPS) is 18.0. The fourth-order valence-corrected chi connectivity index (χ4v) is 3.62. The molecule has 1 aromatic heterocycles. The number of nitrogens with one attached hydrogen (secondary N) is 1. The Bertz CT molecular complexity index is 894. The maximum atomic E-state index is 12.5. The lowest BCUT2D eigenvalue weighted by Crippen LogP contribution is -2.17. The predicted octanol–water partition coefficient (Wildman–Crippen LogP) is 4.37. The molecular weight excluding hydrogens is 387 g/mol. The highest BCUT2D eigenvalue weighted by atomic mass is 35.5. The van der Waals surface area contributed by atoms with Crippen molar-refractivity contribution in [2.75, 3.05) is 5.32 Å². The van der Waals surface area contributed by atoms with Crippen molar-refractivity contribution in [2.45, 2.75) is 26.2 Å². The Morgan fingerprint density at radius 1 is 1.15 bits per heavy atom. The Morgan fingerprint density at radius 3 is 2.52 bits per heavy atom. The molecule has 0 saturated heterocycles. The van der Waals surface area contributed by atoms with Crippen LogP contribution in [0.5, 0.6) is 0 Å². The van der Waals surface area contributed by atoms with Crippen LogP contribution in [-0.2, 0) is 16.0 Å². The number of benzene rings is 1. The number of aromatic nitrogens is 1. The number of hydrogen-bond acceptors (Lipinski definition) is 4. The summed E-state index contributed by atoms with van der Waals surface area (Å²) >= 11 is 12.2. The quantitative estimate of drug-likeness (QED) is 0.695. The lowest BCUT2D eigenvalue weighted by Gasteiger charge is -2.08. The lowest BCUT2D eigenvalue weighted by molar-refractivity contribution is -0.123. The number of rotatable bonds is 7. The molecule has 0 spiro atoms. The Labute approximate surface area is 167 Å². The van der Waals surface area contributed by atoms with Crippen molar-refractivity contribution in [1.29, 1.82) is 0 Å². The van der Waals surface area contributed by atoms with E-state index in [0.717, 1.165) is 0 Å². The molecule has 0 aliphatic heterocycles. The molecule has 1 heterocycles. The SMILES string of the molecule is CCC(=O)[C@H]1C[C@H]1C(=O)Nc1cc(CC(=O)c2c(Cl)cccc2Cl)ccn1. The van der Waals surface area contributed by atoms with E-state index in [-0.39, 0.29) is 41.3 Å². The summed E-state index contributed by atoms with van der Waals surface area (Å²) in [5.41, 5.74) is 0.959. The minimum absolute atomic E-state index is 0.0786. The van der Waals surface area contributed by atoms with Crippen molar-refractivity contribution in [2.24, 2.45) is 11.8 Å². The Hall–Kier alpha value is -2.24. The summed E-state index contributed by atoms with van der Waals surface area (Å²) < 4.78 is 0. The van der Waals surface area contributed by atoms with Gasteiger partial charge in [-0.1, -0.05) is 36.2 Å². The number of hydrogen-bond donors (Lipinski definition) is 1. The smallest absolute Gasteiger partial charge is 0.229 e. The van der Waals surface area contributed by atoms with E-state index in [0.29, 0.717) is 34.3 Å². The van der Waals surface area contributed by atoms with E-state index in [9.17, 15) is 14.4 Å². The highest BCUT2D eigenvalue weighted by Gasteiger charge is 2.46. The van der Waals surface area contributed by atoms with E-state index in [1.54, 1.807) is 37.3 Å². The largest absolute Gasteiger partial charge is 0.310 e. The molecule has 1 aliphatic carbocycles. The van der Waals surface area contributed by atoms with Crippen LogP contribution >= 0.6 is 23.2 Å². The van der Waals surface area contributed by atoms with E-state index in [1.807, 2.05) is 0 Å². The van der Waals surface area contributed by atoms with Crippen LogP contribution < -0.4 is 5.32 Å². The van der Waals surface area contributed by atoms with Gasteiger partial charge >= 0.3 is 0 Å². The molecule has 5 nitrogen and oxygen atoms in total. The van der Waals surface area contributed by atoms with Crippen LogP contribution in [0.25, 0.3) is 0 Å². The van der Waals surface area contributed by atoms with Crippen molar-refractivity contribution in [3.8, 4) is 0 Å². The third kappa shape index (κ3) is 4.54. The van der Waals surface area contributed by atoms with Crippen LogP contribution in [0.15, 0.2) is 36.5 Å². The van der Waals surface area contributed by atoms with Gasteiger partial charge in [0.1, 0.15) is 11.6 Å². The van der Waals surface area contributed by atoms with E-state index >= 15 is 0 Å². The molecule has 0 bridgehead atoms. The molecular formula is C20H18Cl2N2O3. The summed E-state index contributed by atoms with van der Waals surface area (Å²) in [6.45, 7) is 1.79. The summed E-state index contributed by atoms with van der Waals surface area (Å²) in [4.78, 5) is 40.6. The van der Waals surface area contributed by atoms with E-state index in [2.05, 4.69) is 10.3 Å². The minimum Gasteiger partial charge on any atom is -0.310 e. The molecule has 2 aromatic rings. The third-order valence-corrected chi connectivity index (χ3v) is 5.20. The molecule has 2 atom stereocenters. The molecule has 140 valence electrons. The number of amides is 1. The van der Waals surface area contributed by atoms with Crippen molar-refractivity contribution in [1.82, 2.24) is 4.98 Å². The Kier molecular flexibility index (Phi) is 5.92. The molecule has 1 aromatic carbocycles. The number of ketones is 2. The van der Waals surface area contributed by atoms with Gasteiger partial charge in [0.25, 0.3) is 0 Å². The number of anilines is 1. The van der Waals surface area contributed by atoms with Gasteiger partial charge < -0.3 is 5.32 Å². The third-order valence-electron chi connectivity index (χ3n) is 4.57. The highest BCUT2D eigenvalue weighted by molar-refractivity contribution is 6.39. The van der Waals surface area contributed by atoms with Crippen molar-refractivity contribution >= 4 is 46.5 Å². The number of Topliss-reactive ketones (excluding diaryl/α,β-unsaturated/α-hetero) is 2. The van der Waals surface area contributed by atoms with Crippen LogP contribution in [-0.4, -0.2) is 22.5 Å². The molecule has 1 aliphatic rings. The van der Waals surface area contributed by atoms with E-state index in [4.69, 9.17) is 23.2 Å². The Balaban J connectivity index is 1.67. The van der Waals surface area contributed by atoms with Gasteiger partial charge in [-0.3, -0.25) is 14.4 Å². The van der Waals surface area contributed by atoms with Crippen LogP contribution in [0.4, 0.5) is 5.82 Å². The zero-order valence-corrected chi connectivity index (χ0v) is 16.2. The standard InChI is InChI=1S/C20H18Cl2N2O3/c1-2-16(25)12-10-13(12)20(27)24-18-9-11(6-7-23-18)8-17(26)19-14(21)4-3-5-15(19)22/h3-7,9,12-13H,2,8,10H2,1H3,(H,23,24,27)/t12-,13+/m0/s1. The fourth-order valence-electron chi connectivity index (χ4n) is 3.01. The zero-order valence-electron chi connectivity index (χ0n) is 14.7. The maximum Gasteiger partial charge on any atom is 0.229 e. The molecule has 1 saturated carbocycles. The number of nitrogens with zero attached hydrogens (tertiary/aromatic N) is 1. The average molecular weight is 405 g/mol. The van der Waals surface area contributed by atoms with Crippen LogP contribution in [0, 0.1) is 11.8 Å². The molecule has 1 fully saturated rings. The molecule has 0 unspecified atom stereocenters. The van der Waals surface area contributed by atoms with Gasteiger partial charge in [-0.25, -0.2) is 4.98 Å². The zero-order chi connectivity index (χ0) is 19.6. The van der Waals surface area contributed by atoms with Gasteiger partial charge in [0.05, 0.1) is 15.6 Å². The second-order valence-corrected chi connectivity index (χ2v) is 7.32. The molecule has 7 heteroatoms. The number of pyridine rings is 1. The predicted molar refractivity (Wildman–Crippen MR) is 104 cm³/mol. The number of carbonyl (C=O) groups is 3. The molecule has 3 rings (SSSR count). The second kappa shape index (κ2) is 8.19. The number of carbonyl (C=O) groups excluding carboxylic acids is 3. The minimum atomic E-state index is -0.286. The maximum absolute atomic E-state index is 12.5. The van der Waals surface area contributed by atoms with Crippen LogP contribution in [0.3, 0.4) is 0 Å². The highest BCUT2D eigenvalue weighted by Crippen LogP contribution is 2.40. The first-order chi connectivity index (χ1) is 12.9. The molecule has 0 radical (unpaired) electrons. The van der Waals surface area contributed by atoms with Crippen molar-refractivity contribution in [3.63, 3.8) is 0 Å². The van der Waals surface area contributed by atoms with Gasteiger partial charge in [0.15, 0.2) is 5.78 Å². The van der Waals surface area contributed by atoms with Crippen LogP contribution in [0.1, 0.15) is 35.7 Å². The first kappa shape index (κ1) is 19.5. The first-order valence-corrected chi connectivity index (χ1v) is 9.42. The summed E-state index contributed by atoms with van der Waals surface area (Å²) in [7, 11) is 0. The monoisotopic (exact) mass is 404 g/mol. The van der Waals surface area contributed by atoms with E-state index in [1.165, 1.54) is 6.20 Å². The van der Waals surface area contributed by atoms with Gasteiger partial charge in [-0.05, 0) is 36.2 Å². The van der Waals surface area contributed by atoms with Gasteiger partial charge in [-0.2, -0.15) is 0 Å². The summed E-state index contributed by atoms with van der Waals surface area (Å²) in [6.07, 6.45) is 2.62. The molecule has 1 N–H and O–H groups in total. The summed E-state index contributed by atoms with van der Waals surface area (Å²) in [5.74, 6) is -0.436.